The number of fused-ring (bicyclic) bond motifs is 1. The van der Waals surface area contributed by atoms with Gasteiger partial charge in [-0.1, -0.05) is 0 Å². The van der Waals surface area contributed by atoms with Gasteiger partial charge in [0.05, 0.1) is 23.7 Å². The molecule has 2 aromatic rings. The molecule has 0 radical (unpaired) electrons. The molecule has 2 fully saturated rings. The molecule has 0 bridgehead atoms. The van der Waals surface area contributed by atoms with E-state index in [-0.39, 0.29) is 11.6 Å². The van der Waals surface area contributed by atoms with E-state index in [1.165, 1.54) is 12.6 Å². The van der Waals surface area contributed by atoms with Gasteiger partial charge in [-0.3, -0.25) is 4.79 Å². The molecule has 2 heterocycles. The number of benzene rings is 1. The predicted octanol–water partition coefficient (Wildman–Crippen LogP) is 3.03. The Labute approximate surface area is 145 Å². The number of ether oxygens (including phenoxy) is 1. The zero-order chi connectivity index (χ0) is 17.6. The average molecular weight is 342 g/mol. The number of pyridine rings is 1. The van der Waals surface area contributed by atoms with Crippen LogP contribution in [-0.2, 0) is 0 Å². The van der Waals surface area contributed by atoms with E-state index in [4.69, 9.17) is 4.74 Å². The summed E-state index contributed by atoms with van der Waals surface area (Å²) in [6.07, 6.45) is 7.01. The summed E-state index contributed by atoms with van der Waals surface area (Å²) in [7, 11) is 1.62. The van der Waals surface area contributed by atoms with Crippen molar-refractivity contribution >= 4 is 22.6 Å². The lowest BCUT2D eigenvalue weighted by molar-refractivity contribution is 0.0695. The summed E-state index contributed by atoms with van der Waals surface area (Å²) in [4.78, 5) is 26.4. The topological polar surface area (TPSA) is 71.8 Å². The van der Waals surface area contributed by atoms with E-state index < -0.39 is 11.4 Å². The second-order valence-electron chi connectivity index (χ2n) is 6.88. The maximum Gasteiger partial charge on any atom is 0.341 e. The van der Waals surface area contributed by atoms with Crippen LogP contribution in [0.3, 0.4) is 0 Å². The number of aromatic nitrogens is 1. The van der Waals surface area contributed by atoms with Gasteiger partial charge < -0.3 is 19.3 Å². The second kappa shape index (κ2) is 6.10. The molecule has 6 heteroatoms. The molecule has 25 heavy (non-hydrogen) atoms. The van der Waals surface area contributed by atoms with Crippen LogP contribution in [0.25, 0.3) is 10.9 Å². The summed E-state index contributed by atoms with van der Waals surface area (Å²) in [5, 5.41) is 9.80. The fourth-order valence-electron chi connectivity index (χ4n) is 3.79. The van der Waals surface area contributed by atoms with Crippen molar-refractivity contribution in [3.05, 3.63) is 34.1 Å². The fourth-order valence-corrected chi connectivity index (χ4v) is 3.79. The first kappa shape index (κ1) is 16.0. The molecule has 4 rings (SSSR count). The Morgan fingerprint density at radius 3 is 2.52 bits per heavy atom. The largest absolute Gasteiger partial charge is 0.492 e. The zero-order valence-corrected chi connectivity index (χ0v) is 14.3. The number of nitrogens with zero attached hydrogens (tertiary/aromatic N) is 2. The number of carbonyl (C=O) groups is 1. The monoisotopic (exact) mass is 342 g/mol. The molecule has 0 unspecified atom stereocenters. The Balaban J connectivity index is 2.00. The first-order valence-corrected chi connectivity index (χ1v) is 8.86. The molecule has 0 atom stereocenters. The number of hydrogen-bond donors (Lipinski definition) is 1. The molecule has 0 amide bonds. The second-order valence-corrected chi connectivity index (χ2v) is 6.88. The van der Waals surface area contributed by atoms with Crippen molar-refractivity contribution in [2.75, 3.05) is 25.1 Å². The smallest absolute Gasteiger partial charge is 0.341 e. The van der Waals surface area contributed by atoms with Crippen molar-refractivity contribution in [2.24, 2.45) is 0 Å². The highest BCUT2D eigenvalue weighted by Crippen LogP contribution is 2.42. The number of rotatable bonds is 4. The van der Waals surface area contributed by atoms with E-state index in [2.05, 4.69) is 4.90 Å². The molecule has 1 aliphatic carbocycles. The summed E-state index contributed by atoms with van der Waals surface area (Å²) in [6, 6.07) is 3.90. The summed E-state index contributed by atoms with van der Waals surface area (Å²) < 4.78 is 7.67. The Kier molecular flexibility index (Phi) is 3.90. The van der Waals surface area contributed by atoms with Gasteiger partial charge in [0.2, 0.25) is 5.43 Å². The number of aromatic carboxylic acids is 1. The third kappa shape index (κ3) is 2.65. The van der Waals surface area contributed by atoms with Crippen LogP contribution in [0, 0.1) is 0 Å². The van der Waals surface area contributed by atoms with Crippen LogP contribution in [0.1, 0.15) is 48.5 Å². The molecule has 1 saturated heterocycles. The number of carboxylic acids is 1. The third-order valence-corrected chi connectivity index (χ3v) is 5.20. The maximum absolute atomic E-state index is 12.7. The van der Waals surface area contributed by atoms with E-state index in [0.29, 0.717) is 11.1 Å². The van der Waals surface area contributed by atoms with Crippen molar-refractivity contribution in [3.8, 4) is 5.75 Å². The lowest BCUT2D eigenvalue weighted by Gasteiger charge is -2.31. The van der Waals surface area contributed by atoms with Crippen molar-refractivity contribution in [1.82, 2.24) is 4.57 Å². The summed E-state index contributed by atoms with van der Waals surface area (Å²) in [6.45, 7) is 1.95. The minimum atomic E-state index is -1.18. The van der Waals surface area contributed by atoms with Crippen LogP contribution in [0.4, 0.5) is 5.69 Å². The van der Waals surface area contributed by atoms with Gasteiger partial charge in [-0.15, -0.1) is 0 Å². The first-order valence-electron chi connectivity index (χ1n) is 8.86. The van der Waals surface area contributed by atoms with Gasteiger partial charge in [0, 0.05) is 25.3 Å². The van der Waals surface area contributed by atoms with Crippen molar-refractivity contribution in [2.45, 2.75) is 38.1 Å². The normalized spacial score (nSPS) is 17.7. The number of methoxy groups -OCH3 is 1. The molecule has 2 aliphatic rings. The van der Waals surface area contributed by atoms with Crippen LogP contribution in [-0.4, -0.2) is 35.8 Å². The minimum Gasteiger partial charge on any atom is -0.492 e. The molecule has 1 N–H and O–H groups in total. The fraction of sp³-hybridized carbons (Fsp3) is 0.474. The lowest BCUT2D eigenvalue weighted by Crippen LogP contribution is -2.30. The molecular weight excluding hydrogens is 320 g/mol. The lowest BCUT2D eigenvalue weighted by atomic mass is 10.1. The van der Waals surface area contributed by atoms with Crippen molar-refractivity contribution < 1.29 is 14.6 Å². The predicted molar refractivity (Wildman–Crippen MR) is 96.1 cm³/mol. The van der Waals surface area contributed by atoms with E-state index in [1.54, 1.807) is 13.2 Å². The molecule has 6 nitrogen and oxygen atoms in total. The van der Waals surface area contributed by atoms with E-state index in [9.17, 15) is 14.7 Å². The maximum atomic E-state index is 12.7. The molecule has 1 aliphatic heterocycles. The van der Waals surface area contributed by atoms with Gasteiger partial charge in [0.15, 0.2) is 5.75 Å². The first-order chi connectivity index (χ1) is 12.1. The Morgan fingerprint density at radius 1 is 1.20 bits per heavy atom. The number of piperidine rings is 1. The average Bonchev–Trinajstić information content (AvgIpc) is 3.46. The highest BCUT2D eigenvalue weighted by Gasteiger charge is 2.29. The van der Waals surface area contributed by atoms with Crippen molar-refractivity contribution in [1.29, 1.82) is 0 Å². The van der Waals surface area contributed by atoms with Gasteiger partial charge in [-0.25, -0.2) is 4.79 Å². The number of hydrogen-bond acceptors (Lipinski definition) is 4. The van der Waals surface area contributed by atoms with Crippen LogP contribution in [0.2, 0.25) is 0 Å². The Bertz CT molecular complexity index is 892. The highest BCUT2D eigenvalue weighted by atomic mass is 16.5. The van der Waals surface area contributed by atoms with E-state index in [1.807, 2.05) is 10.6 Å². The Hall–Kier alpha value is -2.50. The molecule has 132 valence electrons. The van der Waals surface area contributed by atoms with Gasteiger partial charge in [0.25, 0.3) is 0 Å². The third-order valence-electron chi connectivity index (χ3n) is 5.20. The number of carboxylic acid groups (broad SMARTS) is 1. The standard InChI is InChI=1S/C19H22N2O4/c1-25-18-15(20-9-3-2-4-10-20)8-7-13-16(18)21(12-5-6-12)11-14(17(13)22)19(23)24/h7-8,11-12H,2-6,9-10H2,1H3,(H,23,24). The van der Waals surface area contributed by atoms with Crippen LogP contribution >= 0.6 is 0 Å². The van der Waals surface area contributed by atoms with Gasteiger partial charge in [-0.05, 0) is 44.2 Å². The van der Waals surface area contributed by atoms with Gasteiger partial charge >= 0.3 is 5.97 Å². The highest BCUT2D eigenvalue weighted by molar-refractivity contribution is 5.96. The van der Waals surface area contributed by atoms with Crippen LogP contribution < -0.4 is 15.1 Å². The Morgan fingerprint density at radius 2 is 1.92 bits per heavy atom. The molecule has 1 aromatic carbocycles. The summed E-state index contributed by atoms with van der Waals surface area (Å²) in [5.41, 5.74) is 1.10. The summed E-state index contributed by atoms with van der Waals surface area (Å²) >= 11 is 0. The van der Waals surface area contributed by atoms with Crippen molar-refractivity contribution in [3.63, 3.8) is 0 Å². The van der Waals surface area contributed by atoms with Gasteiger partial charge in [-0.2, -0.15) is 0 Å². The van der Waals surface area contributed by atoms with Gasteiger partial charge in [0.1, 0.15) is 5.56 Å². The van der Waals surface area contributed by atoms with E-state index in [0.717, 1.165) is 50.0 Å². The SMILES string of the molecule is COc1c(N2CCCCC2)ccc2c(=O)c(C(=O)O)cn(C3CC3)c12. The number of anilines is 1. The van der Waals surface area contributed by atoms with E-state index >= 15 is 0 Å². The molecular formula is C19H22N2O4. The van der Waals surface area contributed by atoms with Crippen LogP contribution in [0.5, 0.6) is 5.75 Å². The zero-order valence-electron chi connectivity index (χ0n) is 14.3. The molecule has 1 aromatic heterocycles. The molecule has 1 saturated carbocycles. The van der Waals surface area contributed by atoms with Crippen LogP contribution in [0.15, 0.2) is 23.1 Å². The summed E-state index contributed by atoms with van der Waals surface area (Å²) in [5.74, 6) is -0.499. The molecule has 0 spiro atoms. The quantitative estimate of drug-likeness (QED) is 0.925. The minimum absolute atomic E-state index is 0.174.